The highest BCUT2D eigenvalue weighted by Gasteiger charge is 2.21. The van der Waals surface area contributed by atoms with E-state index in [0.29, 0.717) is 12.5 Å². The molecule has 1 aromatic heterocycles. The third-order valence-electron chi connectivity index (χ3n) is 5.01. The molecule has 1 fully saturated rings. The molecule has 0 saturated carbocycles. The van der Waals surface area contributed by atoms with Gasteiger partial charge in [0.25, 0.3) is 11.5 Å². The van der Waals surface area contributed by atoms with E-state index in [0.717, 1.165) is 32.5 Å². The van der Waals surface area contributed by atoms with E-state index in [1.807, 2.05) is 0 Å². The summed E-state index contributed by atoms with van der Waals surface area (Å²) in [6.45, 7) is 5.63. The molecule has 0 unspecified atom stereocenters. The van der Waals surface area contributed by atoms with Crippen LogP contribution in [0.1, 0.15) is 34.3 Å². The van der Waals surface area contributed by atoms with Gasteiger partial charge in [0.2, 0.25) is 0 Å². The second-order valence-electron chi connectivity index (χ2n) is 7.19. The van der Waals surface area contributed by atoms with Crippen LogP contribution in [0.2, 0.25) is 5.02 Å². The number of nitrogens with zero attached hydrogens (tertiary/aromatic N) is 1. The molecular weight excluding hydrogens is 364 g/mol. The Kier molecular flexibility index (Phi) is 6.19. The van der Waals surface area contributed by atoms with Crippen molar-refractivity contribution < 1.29 is 4.79 Å². The minimum Gasteiger partial charge on any atom is -0.384 e. The summed E-state index contributed by atoms with van der Waals surface area (Å²) in [6.07, 6.45) is 2.04. The van der Waals surface area contributed by atoms with Crippen LogP contribution in [-0.2, 0) is 6.54 Å². The monoisotopic (exact) mass is 388 g/mol. The number of likely N-dealkylation sites (tertiary alicyclic amines) is 1. The number of rotatable bonds is 5. The van der Waals surface area contributed by atoms with Gasteiger partial charge in [0.05, 0.1) is 5.02 Å². The number of amides is 1. The van der Waals surface area contributed by atoms with Crippen LogP contribution >= 0.6 is 11.6 Å². The van der Waals surface area contributed by atoms with E-state index >= 15 is 0 Å². The minimum absolute atomic E-state index is 0.00826. The molecule has 144 valence electrons. The SMILES string of the molecule is Cc1cccc(CN2CCC(CNC(=O)c3cc(Cl)c(N)[nH]c3=O)CC2)c1. The fourth-order valence-electron chi connectivity index (χ4n) is 3.44. The van der Waals surface area contributed by atoms with Crippen molar-refractivity contribution in [3.8, 4) is 0 Å². The van der Waals surface area contributed by atoms with E-state index in [4.69, 9.17) is 17.3 Å². The van der Waals surface area contributed by atoms with Gasteiger partial charge >= 0.3 is 0 Å². The molecule has 1 aliphatic rings. The second-order valence-corrected chi connectivity index (χ2v) is 7.60. The van der Waals surface area contributed by atoms with E-state index < -0.39 is 11.5 Å². The minimum atomic E-state index is -0.526. The first kappa shape index (κ1) is 19.5. The largest absolute Gasteiger partial charge is 0.384 e. The summed E-state index contributed by atoms with van der Waals surface area (Å²) in [5, 5.41) is 3.02. The molecule has 6 nitrogen and oxygen atoms in total. The van der Waals surface area contributed by atoms with Crippen LogP contribution in [0.5, 0.6) is 0 Å². The molecular formula is C20H25ClN4O2. The van der Waals surface area contributed by atoms with Crippen molar-refractivity contribution in [2.75, 3.05) is 25.4 Å². The average molecular weight is 389 g/mol. The number of aromatic amines is 1. The van der Waals surface area contributed by atoms with Gasteiger partial charge in [0.1, 0.15) is 11.4 Å². The lowest BCUT2D eigenvalue weighted by Gasteiger charge is -2.32. The number of nitrogens with one attached hydrogen (secondary N) is 2. The maximum atomic E-state index is 12.3. The Morgan fingerprint density at radius 3 is 2.78 bits per heavy atom. The molecule has 1 saturated heterocycles. The molecule has 0 spiro atoms. The number of H-pyrrole nitrogens is 1. The number of hydrogen-bond donors (Lipinski definition) is 3. The van der Waals surface area contributed by atoms with E-state index in [-0.39, 0.29) is 16.4 Å². The molecule has 3 rings (SSSR count). The number of hydrogen-bond acceptors (Lipinski definition) is 4. The number of nitrogens with two attached hydrogens (primary N) is 1. The summed E-state index contributed by atoms with van der Waals surface area (Å²) in [5.41, 5.74) is 7.61. The lowest BCUT2D eigenvalue weighted by molar-refractivity contribution is 0.0933. The van der Waals surface area contributed by atoms with Gasteiger partial charge in [-0.05, 0) is 50.4 Å². The topological polar surface area (TPSA) is 91.2 Å². The Morgan fingerprint density at radius 2 is 2.07 bits per heavy atom. The molecule has 2 heterocycles. The summed E-state index contributed by atoms with van der Waals surface area (Å²) in [7, 11) is 0. The Balaban J connectivity index is 1.47. The van der Waals surface area contributed by atoms with E-state index in [9.17, 15) is 9.59 Å². The van der Waals surface area contributed by atoms with Gasteiger partial charge in [-0.1, -0.05) is 41.4 Å². The maximum Gasteiger partial charge on any atom is 0.262 e. The van der Waals surface area contributed by atoms with Crippen molar-refractivity contribution in [1.82, 2.24) is 15.2 Å². The van der Waals surface area contributed by atoms with Crippen molar-refractivity contribution >= 4 is 23.3 Å². The summed E-state index contributed by atoms with van der Waals surface area (Å²) in [5.74, 6) is 0.0607. The Bertz CT molecular complexity index is 873. The van der Waals surface area contributed by atoms with Crippen LogP contribution in [0.25, 0.3) is 0 Å². The Hall–Kier alpha value is -2.31. The number of piperidine rings is 1. The molecule has 1 amide bonds. The number of pyridine rings is 1. The molecule has 1 aliphatic heterocycles. The normalized spacial score (nSPS) is 15.6. The molecule has 4 N–H and O–H groups in total. The maximum absolute atomic E-state index is 12.3. The number of benzene rings is 1. The first-order valence-electron chi connectivity index (χ1n) is 9.17. The van der Waals surface area contributed by atoms with E-state index in [2.05, 4.69) is 46.4 Å². The first-order chi connectivity index (χ1) is 12.9. The lowest BCUT2D eigenvalue weighted by Crippen LogP contribution is -2.39. The quantitative estimate of drug-likeness (QED) is 0.734. The molecule has 27 heavy (non-hydrogen) atoms. The number of halogens is 1. The van der Waals surface area contributed by atoms with Gasteiger partial charge < -0.3 is 16.0 Å². The smallest absolute Gasteiger partial charge is 0.262 e. The van der Waals surface area contributed by atoms with Gasteiger partial charge in [0, 0.05) is 13.1 Å². The van der Waals surface area contributed by atoms with E-state index in [1.54, 1.807) is 0 Å². The number of carbonyl (C=O) groups is 1. The summed E-state index contributed by atoms with van der Waals surface area (Å²) < 4.78 is 0. The summed E-state index contributed by atoms with van der Waals surface area (Å²) in [6, 6.07) is 9.90. The third kappa shape index (κ3) is 5.11. The molecule has 0 atom stereocenters. The number of anilines is 1. The zero-order chi connectivity index (χ0) is 19.4. The lowest BCUT2D eigenvalue weighted by atomic mass is 9.96. The van der Waals surface area contributed by atoms with Crippen LogP contribution < -0.4 is 16.6 Å². The van der Waals surface area contributed by atoms with Crippen LogP contribution in [0, 0.1) is 12.8 Å². The Labute approximate surface area is 163 Å². The van der Waals surface area contributed by atoms with E-state index in [1.165, 1.54) is 17.2 Å². The molecule has 2 aromatic rings. The zero-order valence-corrected chi connectivity index (χ0v) is 16.2. The van der Waals surface area contributed by atoms with Gasteiger partial charge in [0.15, 0.2) is 0 Å². The van der Waals surface area contributed by atoms with Crippen molar-refractivity contribution in [3.05, 3.63) is 62.4 Å². The fraction of sp³-hybridized carbons (Fsp3) is 0.400. The number of carbonyl (C=O) groups excluding carboxylic acids is 1. The molecule has 0 aliphatic carbocycles. The fourth-order valence-corrected chi connectivity index (χ4v) is 3.59. The van der Waals surface area contributed by atoms with Gasteiger partial charge in [-0.2, -0.15) is 0 Å². The second kappa shape index (κ2) is 8.59. The van der Waals surface area contributed by atoms with Crippen LogP contribution in [0.4, 0.5) is 5.82 Å². The van der Waals surface area contributed by atoms with Gasteiger partial charge in [-0.25, -0.2) is 0 Å². The number of aromatic nitrogens is 1. The third-order valence-corrected chi connectivity index (χ3v) is 5.33. The standard InChI is InChI=1S/C20H25ClN4O2/c1-13-3-2-4-15(9-13)12-25-7-5-14(6-8-25)11-23-19(26)16-10-17(21)18(22)24-20(16)27/h2-4,9-10,14H,5-8,11-12H2,1H3,(H,23,26)(H3,22,24,27). The van der Waals surface area contributed by atoms with Gasteiger partial charge in [-0.15, -0.1) is 0 Å². The highest BCUT2D eigenvalue weighted by molar-refractivity contribution is 6.33. The first-order valence-corrected chi connectivity index (χ1v) is 9.54. The van der Waals surface area contributed by atoms with Crippen LogP contribution in [-0.4, -0.2) is 35.4 Å². The Morgan fingerprint density at radius 1 is 1.33 bits per heavy atom. The zero-order valence-electron chi connectivity index (χ0n) is 15.4. The van der Waals surface area contributed by atoms with Crippen molar-refractivity contribution in [3.63, 3.8) is 0 Å². The van der Waals surface area contributed by atoms with Crippen LogP contribution in [0.15, 0.2) is 35.1 Å². The molecule has 1 aromatic carbocycles. The number of nitrogen functional groups attached to an aromatic ring is 1. The van der Waals surface area contributed by atoms with Crippen LogP contribution in [0.3, 0.4) is 0 Å². The van der Waals surface area contributed by atoms with Crippen molar-refractivity contribution in [1.29, 1.82) is 0 Å². The molecule has 0 bridgehead atoms. The summed E-state index contributed by atoms with van der Waals surface area (Å²) >= 11 is 5.89. The number of aryl methyl sites for hydroxylation is 1. The average Bonchev–Trinajstić information content (AvgIpc) is 2.64. The predicted molar refractivity (Wildman–Crippen MR) is 108 cm³/mol. The highest BCUT2D eigenvalue weighted by atomic mass is 35.5. The predicted octanol–water partition coefficient (Wildman–Crippen LogP) is 2.56. The summed E-state index contributed by atoms with van der Waals surface area (Å²) in [4.78, 5) is 29.0. The van der Waals surface area contributed by atoms with Gasteiger partial charge in [-0.3, -0.25) is 14.5 Å². The highest BCUT2D eigenvalue weighted by Crippen LogP contribution is 2.19. The van der Waals surface area contributed by atoms with Crippen molar-refractivity contribution in [2.45, 2.75) is 26.3 Å². The molecule has 0 radical (unpaired) electrons. The van der Waals surface area contributed by atoms with Crippen molar-refractivity contribution in [2.24, 2.45) is 5.92 Å². The molecule has 7 heteroatoms.